The third kappa shape index (κ3) is 3.49. The van der Waals surface area contributed by atoms with Gasteiger partial charge in [0.15, 0.2) is 0 Å². The Morgan fingerprint density at radius 1 is 1.26 bits per heavy atom. The Balaban J connectivity index is 2.28. The predicted molar refractivity (Wildman–Crippen MR) is 72.0 cm³/mol. The highest BCUT2D eigenvalue weighted by molar-refractivity contribution is 5.35. The average molecular weight is 259 g/mol. The van der Waals surface area contributed by atoms with Gasteiger partial charge in [-0.25, -0.2) is 4.98 Å². The Labute approximate surface area is 112 Å². The Morgan fingerprint density at radius 3 is 2.79 bits per heavy atom. The van der Waals surface area contributed by atoms with Crippen molar-refractivity contribution in [1.82, 2.24) is 9.97 Å². The molecule has 0 saturated carbocycles. The second-order valence-electron chi connectivity index (χ2n) is 4.17. The monoisotopic (exact) mass is 259 g/mol. The van der Waals surface area contributed by atoms with Gasteiger partial charge < -0.3 is 15.6 Å². The molecular weight excluding hydrogens is 242 g/mol. The molecule has 0 radical (unpaired) electrons. The van der Waals surface area contributed by atoms with Crippen LogP contribution in [0, 0.1) is 6.92 Å². The van der Waals surface area contributed by atoms with Crippen LogP contribution in [0.4, 0.5) is 0 Å². The van der Waals surface area contributed by atoms with Crippen LogP contribution < -0.4 is 10.5 Å². The van der Waals surface area contributed by atoms with Crippen LogP contribution in [0.2, 0.25) is 0 Å². The summed E-state index contributed by atoms with van der Waals surface area (Å²) in [6.07, 6.45) is 0.533. The number of aliphatic hydroxyl groups is 1. The van der Waals surface area contributed by atoms with E-state index in [0.29, 0.717) is 18.7 Å². The van der Waals surface area contributed by atoms with Gasteiger partial charge in [0, 0.05) is 18.8 Å². The molecule has 3 N–H and O–H groups in total. The van der Waals surface area contributed by atoms with Crippen LogP contribution in [0.3, 0.4) is 0 Å². The fourth-order valence-corrected chi connectivity index (χ4v) is 1.78. The maximum absolute atomic E-state index is 9.03. The number of rotatable bonds is 5. The fourth-order valence-electron chi connectivity index (χ4n) is 1.78. The van der Waals surface area contributed by atoms with Crippen LogP contribution in [0.15, 0.2) is 30.3 Å². The average Bonchev–Trinajstić information content (AvgIpc) is 2.40. The lowest BCUT2D eigenvalue weighted by Crippen LogP contribution is -2.04. The minimum atomic E-state index is 0.0725. The molecule has 100 valence electrons. The summed E-state index contributed by atoms with van der Waals surface area (Å²) in [6.45, 7) is 2.29. The van der Waals surface area contributed by atoms with E-state index in [0.717, 1.165) is 17.0 Å². The second kappa shape index (κ2) is 6.26. The molecule has 5 heteroatoms. The lowest BCUT2D eigenvalue weighted by Gasteiger charge is -2.10. The number of benzene rings is 1. The van der Waals surface area contributed by atoms with E-state index in [-0.39, 0.29) is 12.6 Å². The molecule has 0 aliphatic carbocycles. The first-order valence-electron chi connectivity index (χ1n) is 6.14. The number of aryl methyl sites for hydroxylation is 1. The van der Waals surface area contributed by atoms with E-state index in [1.54, 1.807) is 0 Å². The highest BCUT2D eigenvalue weighted by Gasteiger charge is 2.07. The molecule has 0 aliphatic heterocycles. The van der Waals surface area contributed by atoms with Gasteiger partial charge in [0.05, 0.1) is 5.69 Å². The summed E-state index contributed by atoms with van der Waals surface area (Å²) in [7, 11) is 0. The topological polar surface area (TPSA) is 81.3 Å². The van der Waals surface area contributed by atoms with E-state index < -0.39 is 0 Å². The van der Waals surface area contributed by atoms with Crippen molar-refractivity contribution in [3.05, 3.63) is 47.3 Å². The van der Waals surface area contributed by atoms with Crippen LogP contribution >= 0.6 is 0 Å². The molecule has 1 heterocycles. The van der Waals surface area contributed by atoms with E-state index >= 15 is 0 Å². The van der Waals surface area contributed by atoms with Gasteiger partial charge in [-0.05, 0) is 31.0 Å². The molecule has 1 aromatic heterocycles. The van der Waals surface area contributed by atoms with Crippen molar-refractivity contribution in [1.29, 1.82) is 0 Å². The number of hydrogen-bond acceptors (Lipinski definition) is 5. The van der Waals surface area contributed by atoms with Gasteiger partial charge in [0.1, 0.15) is 5.75 Å². The number of nitrogens with two attached hydrogens (primary N) is 1. The summed E-state index contributed by atoms with van der Waals surface area (Å²) >= 11 is 0. The molecule has 0 atom stereocenters. The Kier molecular flexibility index (Phi) is 4.43. The number of aromatic nitrogens is 2. The maximum atomic E-state index is 9.03. The summed E-state index contributed by atoms with van der Waals surface area (Å²) < 4.78 is 5.70. The van der Waals surface area contributed by atoms with Crippen molar-refractivity contribution in [2.45, 2.75) is 19.9 Å². The Morgan fingerprint density at radius 2 is 2.05 bits per heavy atom. The zero-order valence-corrected chi connectivity index (χ0v) is 10.8. The van der Waals surface area contributed by atoms with E-state index in [2.05, 4.69) is 9.97 Å². The first kappa shape index (κ1) is 13.5. The van der Waals surface area contributed by atoms with Crippen LogP contribution in [0.25, 0.3) is 0 Å². The first-order valence-corrected chi connectivity index (χ1v) is 6.14. The summed E-state index contributed by atoms with van der Waals surface area (Å²) in [5, 5.41) is 9.03. The van der Waals surface area contributed by atoms with Gasteiger partial charge in [-0.1, -0.05) is 18.2 Å². The number of ether oxygens (including phenoxy) is 1. The van der Waals surface area contributed by atoms with E-state index in [1.165, 1.54) is 0 Å². The summed E-state index contributed by atoms with van der Waals surface area (Å²) in [6, 6.07) is 9.62. The Hall–Kier alpha value is -1.98. The lowest BCUT2D eigenvalue weighted by atomic mass is 10.1. The third-order valence-corrected chi connectivity index (χ3v) is 2.65. The van der Waals surface area contributed by atoms with E-state index in [1.807, 2.05) is 37.3 Å². The smallest absolute Gasteiger partial charge is 0.322 e. The largest absolute Gasteiger partial charge is 0.424 e. The van der Waals surface area contributed by atoms with Crippen LogP contribution in [0.1, 0.15) is 17.0 Å². The SMILES string of the molecule is Cc1cc(CN)nc(Oc2ccccc2CCO)n1. The molecule has 1 aromatic carbocycles. The molecule has 0 spiro atoms. The standard InChI is InChI=1S/C14H17N3O2/c1-10-8-12(9-15)17-14(16-10)19-13-5-3-2-4-11(13)6-7-18/h2-5,8,18H,6-7,9,15H2,1H3. The summed E-state index contributed by atoms with van der Waals surface area (Å²) in [4.78, 5) is 8.45. The molecule has 0 amide bonds. The van der Waals surface area contributed by atoms with E-state index in [9.17, 15) is 0 Å². The predicted octanol–water partition coefficient (Wildman–Crippen LogP) is 1.57. The zero-order chi connectivity index (χ0) is 13.7. The molecule has 2 rings (SSSR count). The second-order valence-corrected chi connectivity index (χ2v) is 4.17. The fraction of sp³-hybridized carbons (Fsp3) is 0.286. The van der Waals surface area contributed by atoms with Crippen molar-refractivity contribution in [2.24, 2.45) is 5.73 Å². The Bertz CT molecular complexity index is 558. The number of para-hydroxylation sites is 1. The molecule has 5 nitrogen and oxygen atoms in total. The van der Waals surface area contributed by atoms with Gasteiger partial charge in [-0.2, -0.15) is 4.98 Å². The van der Waals surface area contributed by atoms with Crippen molar-refractivity contribution < 1.29 is 9.84 Å². The molecule has 19 heavy (non-hydrogen) atoms. The molecule has 0 saturated heterocycles. The van der Waals surface area contributed by atoms with Crippen molar-refractivity contribution in [2.75, 3.05) is 6.61 Å². The van der Waals surface area contributed by atoms with Crippen molar-refractivity contribution >= 4 is 0 Å². The molecule has 0 bridgehead atoms. The highest BCUT2D eigenvalue weighted by atomic mass is 16.5. The quantitative estimate of drug-likeness (QED) is 0.851. The number of hydrogen-bond donors (Lipinski definition) is 2. The van der Waals surface area contributed by atoms with Crippen LogP contribution in [0.5, 0.6) is 11.8 Å². The van der Waals surface area contributed by atoms with E-state index in [4.69, 9.17) is 15.6 Å². The molecule has 0 fully saturated rings. The summed E-state index contributed by atoms with van der Waals surface area (Å²) in [5.41, 5.74) is 8.05. The molecule has 0 aliphatic rings. The highest BCUT2D eigenvalue weighted by Crippen LogP contribution is 2.23. The molecule has 2 aromatic rings. The molecular formula is C14H17N3O2. The van der Waals surface area contributed by atoms with Crippen molar-refractivity contribution in [3.8, 4) is 11.8 Å². The van der Waals surface area contributed by atoms with Gasteiger partial charge in [-0.3, -0.25) is 0 Å². The normalized spacial score (nSPS) is 10.5. The van der Waals surface area contributed by atoms with Gasteiger partial charge >= 0.3 is 6.01 Å². The van der Waals surface area contributed by atoms with Gasteiger partial charge in [-0.15, -0.1) is 0 Å². The number of nitrogens with zero attached hydrogens (tertiary/aromatic N) is 2. The van der Waals surface area contributed by atoms with Crippen LogP contribution in [-0.2, 0) is 13.0 Å². The summed E-state index contributed by atoms with van der Waals surface area (Å²) in [5.74, 6) is 0.658. The van der Waals surface area contributed by atoms with Crippen molar-refractivity contribution in [3.63, 3.8) is 0 Å². The van der Waals surface area contributed by atoms with Crippen LogP contribution in [-0.4, -0.2) is 21.7 Å². The lowest BCUT2D eigenvalue weighted by molar-refractivity contribution is 0.297. The van der Waals surface area contributed by atoms with Gasteiger partial charge in [0.2, 0.25) is 0 Å². The first-order chi connectivity index (χ1) is 9.22. The maximum Gasteiger partial charge on any atom is 0.322 e. The third-order valence-electron chi connectivity index (χ3n) is 2.65. The zero-order valence-electron chi connectivity index (χ0n) is 10.8. The molecule has 0 unspecified atom stereocenters. The number of aliphatic hydroxyl groups excluding tert-OH is 1. The minimum absolute atomic E-state index is 0.0725. The minimum Gasteiger partial charge on any atom is -0.424 e. The van der Waals surface area contributed by atoms with Gasteiger partial charge in [0.25, 0.3) is 0 Å².